The average Bonchev–Trinajstić information content (AvgIpc) is 3.33. The zero-order valence-electron chi connectivity index (χ0n) is 17.3. The number of amides is 2. The molecule has 0 aliphatic carbocycles. The van der Waals surface area contributed by atoms with E-state index in [-0.39, 0.29) is 16.7 Å². The predicted molar refractivity (Wildman–Crippen MR) is 118 cm³/mol. The largest absolute Gasteiger partial charge is 0.506 e. The van der Waals surface area contributed by atoms with Crippen LogP contribution in [0.1, 0.15) is 46.3 Å². The summed E-state index contributed by atoms with van der Waals surface area (Å²) in [5, 5.41) is 18.1. The zero-order chi connectivity index (χ0) is 21.4. The van der Waals surface area contributed by atoms with Crippen molar-refractivity contribution in [1.29, 1.82) is 0 Å². The number of carbonyl (C=O) groups is 1. The topological polar surface area (TPSA) is 99.4 Å². The second kappa shape index (κ2) is 10.1. The molecule has 1 aliphatic heterocycles. The molecule has 2 amide bonds. The Morgan fingerprint density at radius 1 is 1.28 bits per heavy atom. The molecular weight excluding hydrogens is 388 g/mol. The van der Waals surface area contributed by atoms with Gasteiger partial charge >= 0.3 is 6.03 Å². The number of thioether (sulfide) groups is 1. The van der Waals surface area contributed by atoms with Crippen molar-refractivity contribution in [1.82, 2.24) is 15.6 Å². The van der Waals surface area contributed by atoms with Gasteiger partial charge in [0.2, 0.25) is 5.89 Å². The zero-order valence-corrected chi connectivity index (χ0v) is 18.1. The Kier molecular flexibility index (Phi) is 7.78. The molecule has 8 heteroatoms. The molecule has 1 aromatic carbocycles. The molecule has 0 spiro atoms. The number of hydrogen-bond donors (Lipinski definition) is 4. The van der Waals surface area contributed by atoms with Gasteiger partial charge in [0.25, 0.3) is 0 Å². The van der Waals surface area contributed by atoms with Crippen LogP contribution in [-0.4, -0.2) is 21.6 Å². The highest BCUT2D eigenvalue weighted by molar-refractivity contribution is 8.04. The number of carbonyl (C=O) groups excluding carboxylic acids is 1. The summed E-state index contributed by atoms with van der Waals surface area (Å²) in [5.41, 5.74) is -0.0489. The highest BCUT2D eigenvalue weighted by Crippen LogP contribution is 2.27. The lowest BCUT2D eigenvalue weighted by Gasteiger charge is -2.14. The standard InChI is InChI=1S/C19H22N4O3S.C2H6/c1-19(2,3)15-11-20-16(26-15)9-8-12-10-21-18(27-12)23-17(25)22-13-6-4-5-7-14(13)24;1-2/h4-11,18,21,24H,1-3H3,(H2,22,23,25);1-2H3/b9-8+;. The molecule has 0 radical (unpaired) electrons. The van der Waals surface area contributed by atoms with Gasteiger partial charge in [0.15, 0.2) is 5.50 Å². The van der Waals surface area contributed by atoms with Crippen molar-refractivity contribution < 1.29 is 14.3 Å². The summed E-state index contributed by atoms with van der Waals surface area (Å²) < 4.78 is 5.72. The fraction of sp³-hybridized carbons (Fsp3) is 0.333. The normalized spacial score (nSPS) is 15.9. The average molecular weight is 417 g/mol. The fourth-order valence-corrected chi connectivity index (χ4v) is 3.10. The predicted octanol–water partition coefficient (Wildman–Crippen LogP) is 5.00. The smallest absolute Gasteiger partial charge is 0.321 e. The second-order valence-electron chi connectivity index (χ2n) is 6.97. The van der Waals surface area contributed by atoms with Gasteiger partial charge in [0.1, 0.15) is 11.5 Å². The molecule has 29 heavy (non-hydrogen) atoms. The maximum Gasteiger partial charge on any atom is 0.321 e. The molecule has 1 unspecified atom stereocenters. The third kappa shape index (κ3) is 6.60. The van der Waals surface area contributed by atoms with Crippen molar-refractivity contribution in [2.45, 2.75) is 45.5 Å². The first-order chi connectivity index (χ1) is 13.8. The van der Waals surface area contributed by atoms with Crippen molar-refractivity contribution in [2.75, 3.05) is 5.32 Å². The molecule has 1 atom stereocenters. The van der Waals surface area contributed by atoms with Crippen LogP contribution in [0.25, 0.3) is 6.08 Å². The number of phenols is 1. The monoisotopic (exact) mass is 416 g/mol. The van der Waals surface area contributed by atoms with E-state index in [1.165, 1.54) is 17.8 Å². The summed E-state index contributed by atoms with van der Waals surface area (Å²) in [7, 11) is 0. The number of aromatic hydroxyl groups is 1. The lowest BCUT2D eigenvalue weighted by Crippen LogP contribution is -2.41. The van der Waals surface area contributed by atoms with Gasteiger partial charge in [-0.15, -0.1) is 0 Å². The summed E-state index contributed by atoms with van der Waals surface area (Å²) >= 11 is 1.44. The molecule has 7 nitrogen and oxygen atoms in total. The van der Waals surface area contributed by atoms with E-state index in [9.17, 15) is 9.90 Å². The van der Waals surface area contributed by atoms with Crippen LogP contribution in [0.4, 0.5) is 10.5 Å². The minimum Gasteiger partial charge on any atom is -0.506 e. The van der Waals surface area contributed by atoms with E-state index in [4.69, 9.17) is 4.42 Å². The second-order valence-corrected chi connectivity index (χ2v) is 8.15. The first kappa shape index (κ1) is 22.4. The number of nitrogens with one attached hydrogen (secondary N) is 3. The molecule has 0 bridgehead atoms. The maximum atomic E-state index is 12.1. The quantitative estimate of drug-likeness (QED) is 0.524. The highest BCUT2D eigenvalue weighted by atomic mass is 32.2. The van der Waals surface area contributed by atoms with Gasteiger partial charge in [0, 0.05) is 22.6 Å². The molecule has 0 saturated carbocycles. The Labute approximate surface area is 175 Å². The van der Waals surface area contributed by atoms with Gasteiger partial charge in [-0.2, -0.15) is 0 Å². The number of allylic oxidation sites excluding steroid dienone is 1. The Hall–Kier alpha value is -2.87. The third-order valence-corrected chi connectivity index (χ3v) is 4.71. The SMILES string of the molecule is CC.CC(C)(C)c1cnc(/C=C/C2=CNC(NC(=O)Nc3ccccc3O)S2)o1. The van der Waals surface area contributed by atoms with Gasteiger partial charge in [-0.05, 0) is 18.2 Å². The fourth-order valence-electron chi connectivity index (χ4n) is 2.24. The van der Waals surface area contributed by atoms with Crippen LogP contribution in [-0.2, 0) is 5.41 Å². The van der Waals surface area contributed by atoms with Crippen LogP contribution in [0, 0.1) is 0 Å². The van der Waals surface area contributed by atoms with Crippen LogP contribution in [0.5, 0.6) is 5.75 Å². The van der Waals surface area contributed by atoms with E-state index in [1.807, 2.05) is 19.9 Å². The maximum absolute atomic E-state index is 12.1. The number of rotatable bonds is 4. The summed E-state index contributed by atoms with van der Waals surface area (Å²) in [4.78, 5) is 17.2. The summed E-state index contributed by atoms with van der Waals surface area (Å²) in [6.07, 6.45) is 7.21. The Morgan fingerprint density at radius 3 is 2.66 bits per heavy atom. The van der Waals surface area contributed by atoms with E-state index in [1.54, 1.807) is 36.7 Å². The number of benzene rings is 1. The van der Waals surface area contributed by atoms with Crippen LogP contribution in [0.3, 0.4) is 0 Å². The van der Waals surface area contributed by atoms with E-state index in [0.717, 1.165) is 10.7 Å². The molecule has 1 aliphatic rings. The lowest BCUT2D eigenvalue weighted by atomic mass is 9.94. The molecule has 0 fully saturated rings. The summed E-state index contributed by atoms with van der Waals surface area (Å²) in [5.74, 6) is 1.38. The van der Waals surface area contributed by atoms with Crippen LogP contribution >= 0.6 is 11.8 Å². The van der Waals surface area contributed by atoms with Crippen LogP contribution < -0.4 is 16.0 Å². The van der Waals surface area contributed by atoms with Crippen molar-refractivity contribution in [2.24, 2.45) is 0 Å². The van der Waals surface area contributed by atoms with E-state index >= 15 is 0 Å². The number of oxazole rings is 1. The number of urea groups is 1. The molecular formula is C21H28N4O3S. The lowest BCUT2D eigenvalue weighted by molar-refractivity contribution is 0.251. The molecule has 4 N–H and O–H groups in total. The molecule has 2 aromatic rings. The number of nitrogens with zero attached hydrogens (tertiary/aromatic N) is 1. The van der Waals surface area contributed by atoms with Gasteiger partial charge in [-0.1, -0.05) is 58.5 Å². The first-order valence-electron chi connectivity index (χ1n) is 9.44. The highest BCUT2D eigenvalue weighted by Gasteiger charge is 2.20. The Bertz CT molecular complexity index is 884. The van der Waals surface area contributed by atoms with Gasteiger partial charge in [-0.25, -0.2) is 9.78 Å². The summed E-state index contributed by atoms with van der Waals surface area (Å²) in [6.45, 7) is 10.2. The van der Waals surface area contributed by atoms with E-state index < -0.39 is 6.03 Å². The van der Waals surface area contributed by atoms with Crippen molar-refractivity contribution in [3.63, 3.8) is 0 Å². The molecule has 0 saturated heterocycles. The van der Waals surface area contributed by atoms with Crippen molar-refractivity contribution >= 4 is 29.6 Å². The van der Waals surface area contributed by atoms with Gasteiger partial charge in [-0.3, -0.25) is 0 Å². The number of hydrogen-bond acceptors (Lipinski definition) is 6. The van der Waals surface area contributed by atoms with Crippen LogP contribution in [0.15, 0.2) is 52.1 Å². The van der Waals surface area contributed by atoms with Crippen molar-refractivity contribution in [3.8, 4) is 5.75 Å². The minimum absolute atomic E-state index is 0.0157. The van der Waals surface area contributed by atoms with E-state index in [0.29, 0.717) is 11.6 Å². The third-order valence-electron chi connectivity index (χ3n) is 3.70. The van der Waals surface area contributed by atoms with Gasteiger partial charge in [0.05, 0.1) is 11.9 Å². The van der Waals surface area contributed by atoms with Crippen LogP contribution in [0.2, 0.25) is 0 Å². The number of phenolic OH excluding ortho intramolecular Hbond substituents is 1. The first-order valence-corrected chi connectivity index (χ1v) is 10.3. The number of aromatic nitrogens is 1. The molecule has 3 rings (SSSR count). The molecule has 2 heterocycles. The Balaban J connectivity index is 0.00000145. The molecule has 156 valence electrons. The number of anilines is 1. The minimum atomic E-state index is -0.414. The molecule has 1 aromatic heterocycles. The van der Waals surface area contributed by atoms with E-state index in [2.05, 4.69) is 41.7 Å². The Morgan fingerprint density at radius 2 is 2.00 bits per heavy atom. The van der Waals surface area contributed by atoms with Gasteiger partial charge < -0.3 is 25.5 Å². The van der Waals surface area contributed by atoms with Crippen molar-refractivity contribution in [3.05, 3.63) is 59.3 Å². The number of para-hydroxylation sites is 2. The summed E-state index contributed by atoms with van der Waals surface area (Å²) in [6, 6.07) is 6.14.